The zero-order valence-corrected chi connectivity index (χ0v) is 11.7. The highest BCUT2D eigenvalue weighted by Crippen LogP contribution is 2.14. The van der Waals surface area contributed by atoms with E-state index in [-0.39, 0.29) is 23.8 Å². The molecule has 0 aliphatic carbocycles. The smallest absolute Gasteiger partial charge is 0.360 e. The number of amides is 1. The number of esters is 1. The van der Waals surface area contributed by atoms with E-state index in [4.69, 9.17) is 10.2 Å². The molecule has 3 N–H and O–H groups in total. The Morgan fingerprint density at radius 3 is 2.95 bits per heavy atom. The lowest BCUT2D eigenvalue weighted by Gasteiger charge is -2.11. The largest absolute Gasteiger partial charge is 0.467 e. The highest BCUT2D eigenvalue weighted by molar-refractivity contribution is 5.92. The van der Waals surface area contributed by atoms with Gasteiger partial charge < -0.3 is 20.2 Å². The molecule has 1 amide bonds. The van der Waals surface area contributed by atoms with Crippen LogP contribution < -0.4 is 11.1 Å². The third kappa shape index (κ3) is 3.22. The van der Waals surface area contributed by atoms with Crippen molar-refractivity contribution in [3.05, 3.63) is 36.0 Å². The Morgan fingerprint density at radius 1 is 1.57 bits per heavy atom. The number of hydrogen-bond acceptors (Lipinski definition) is 6. The van der Waals surface area contributed by atoms with Crippen LogP contribution in [0.4, 0.5) is 5.69 Å². The maximum absolute atomic E-state index is 12.0. The maximum atomic E-state index is 12.0. The number of nitrogens with zero attached hydrogens (tertiary/aromatic N) is 2. The molecule has 0 fully saturated rings. The van der Waals surface area contributed by atoms with Crippen LogP contribution in [0.5, 0.6) is 0 Å². The first-order valence-corrected chi connectivity index (χ1v) is 6.26. The van der Waals surface area contributed by atoms with Crippen LogP contribution in [-0.2, 0) is 16.1 Å². The van der Waals surface area contributed by atoms with Crippen LogP contribution in [0.2, 0.25) is 0 Å². The van der Waals surface area contributed by atoms with E-state index in [2.05, 4.69) is 15.2 Å². The predicted octanol–water partition coefficient (Wildman–Crippen LogP) is 0.722. The number of nitrogen functional groups attached to an aromatic ring is 1. The fraction of sp³-hybridized carbons (Fsp3) is 0.308. The molecule has 0 aliphatic rings. The van der Waals surface area contributed by atoms with Gasteiger partial charge in [0, 0.05) is 6.20 Å². The van der Waals surface area contributed by atoms with E-state index in [9.17, 15) is 9.59 Å². The third-order valence-electron chi connectivity index (χ3n) is 2.93. The summed E-state index contributed by atoms with van der Waals surface area (Å²) < 4.78 is 11.0. The second kappa shape index (κ2) is 6.12. The van der Waals surface area contributed by atoms with Crippen LogP contribution in [0.3, 0.4) is 0 Å². The molecule has 0 spiro atoms. The molecule has 0 radical (unpaired) electrons. The molecule has 2 rings (SSSR count). The summed E-state index contributed by atoms with van der Waals surface area (Å²) in [5.41, 5.74) is 5.82. The molecule has 112 valence electrons. The minimum Gasteiger partial charge on any atom is -0.467 e. The lowest BCUT2D eigenvalue weighted by molar-refractivity contribution is -0.124. The van der Waals surface area contributed by atoms with Crippen LogP contribution >= 0.6 is 0 Å². The summed E-state index contributed by atoms with van der Waals surface area (Å²) in [6, 6.07) is 2.87. The van der Waals surface area contributed by atoms with Crippen molar-refractivity contribution in [2.75, 3.05) is 12.8 Å². The minimum absolute atomic E-state index is 0.0109. The van der Waals surface area contributed by atoms with Crippen LogP contribution in [0.1, 0.15) is 29.2 Å². The lowest BCUT2D eigenvalue weighted by atomic mass is 10.3. The number of anilines is 1. The fourth-order valence-electron chi connectivity index (χ4n) is 1.71. The van der Waals surface area contributed by atoms with Crippen molar-refractivity contribution in [1.29, 1.82) is 0 Å². The van der Waals surface area contributed by atoms with E-state index in [0.29, 0.717) is 5.76 Å². The van der Waals surface area contributed by atoms with Crippen molar-refractivity contribution in [3.8, 4) is 0 Å². The summed E-state index contributed by atoms with van der Waals surface area (Å²) in [5, 5.41) is 6.68. The van der Waals surface area contributed by atoms with Crippen molar-refractivity contribution in [2.24, 2.45) is 0 Å². The Kier molecular flexibility index (Phi) is 4.27. The number of carbonyl (C=O) groups is 2. The number of rotatable bonds is 5. The van der Waals surface area contributed by atoms with Gasteiger partial charge in [0.15, 0.2) is 5.69 Å². The molecule has 0 bridgehead atoms. The second-order valence-electron chi connectivity index (χ2n) is 4.38. The molecular weight excluding hydrogens is 276 g/mol. The zero-order chi connectivity index (χ0) is 15.4. The first kappa shape index (κ1) is 14.6. The summed E-state index contributed by atoms with van der Waals surface area (Å²) in [6.07, 6.45) is 2.95. The number of aromatic nitrogens is 2. The molecule has 2 heterocycles. The topological polar surface area (TPSA) is 112 Å². The highest BCUT2D eigenvalue weighted by atomic mass is 16.5. The summed E-state index contributed by atoms with van der Waals surface area (Å²) >= 11 is 0. The first-order chi connectivity index (χ1) is 10.0. The van der Waals surface area contributed by atoms with Crippen molar-refractivity contribution < 1.29 is 18.7 Å². The number of carbonyl (C=O) groups excluding carboxylic acids is 2. The monoisotopic (exact) mass is 292 g/mol. The van der Waals surface area contributed by atoms with Crippen LogP contribution in [0, 0.1) is 0 Å². The van der Waals surface area contributed by atoms with Gasteiger partial charge in [-0.25, -0.2) is 4.79 Å². The van der Waals surface area contributed by atoms with Gasteiger partial charge in [0.1, 0.15) is 11.8 Å². The van der Waals surface area contributed by atoms with Gasteiger partial charge in [0.2, 0.25) is 5.91 Å². The second-order valence-corrected chi connectivity index (χ2v) is 4.38. The number of nitrogens with one attached hydrogen (secondary N) is 1. The molecule has 0 saturated carbocycles. The normalized spacial score (nSPS) is 11.9. The average Bonchev–Trinajstić information content (AvgIpc) is 3.12. The molecule has 2 aromatic heterocycles. The number of nitrogens with two attached hydrogens (primary N) is 1. The molecule has 2 aromatic rings. The Labute approximate surface area is 120 Å². The van der Waals surface area contributed by atoms with E-state index in [0.717, 1.165) is 0 Å². The van der Waals surface area contributed by atoms with Crippen molar-refractivity contribution in [2.45, 2.75) is 19.5 Å². The van der Waals surface area contributed by atoms with E-state index in [1.165, 1.54) is 24.3 Å². The molecular formula is C13H16N4O4. The van der Waals surface area contributed by atoms with Gasteiger partial charge in [0.25, 0.3) is 0 Å². The van der Waals surface area contributed by atoms with E-state index >= 15 is 0 Å². The summed E-state index contributed by atoms with van der Waals surface area (Å²) in [7, 11) is 1.24. The van der Waals surface area contributed by atoms with Crippen LogP contribution in [0.25, 0.3) is 0 Å². The van der Waals surface area contributed by atoms with Crippen molar-refractivity contribution in [3.63, 3.8) is 0 Å². The van der Waals surface area contributed by atoms with E-state index < -0.39 is 12.0 Å². The predicted molar refractivity (Wildman–Crippen MR) is 73.2 cm³/mol. The van der Waals surface area contributed by atoms with Gasteiger partial charge >= 0.3 is 5.97 Å². The van der Waals surface area contributed by atoms with Crippen molar-refractivity contribution in [1.82, 2.24) is 15.1 Å². The van der Waals surface area contributed by atoms with Gasteiger partial charge in [0.05, 0.1) is 25.6 Å². The quantitative estimate of drug-likeness (QED) is 0.785. The van der Waals surface area contributed by atoms with E-state index in [1.54, 1.807) is 19.1 Å². The van der Waals surface area contributed by atoms with Gasteiger partial charge in [-0.05, 0) is 19.1 Å². The minimum atomic E-state index is -0.644. The van der Waals surface area contributed by atoms with E-state index in [1.807, 2.05) is 0 Å². The SMILES string of the molecule is COC(=O)c1nn(C(C)C(=O)NCc2ccco2)cc1N. The van der Waals surface area contributed by atoms with Gasteiger partial charge in [-0.15, -0.1) is 0 Å². The van der Waals surface area contributed by atoms with Gasteiger partial charge in [-0.2, -0.15) is 5.10 Å². The molecule has 0 saturated heterocycles. The third-order valence-corrected chi connectivity index (χ3v) is 2.93. The molecule has 1 atom stereocenters. The molecule has 0 aromatic carbocycles. The standard InChI is InChI=1S/C13H16N4O4/c1-8(12(18)15-6-9-4-3-5-21-9)17-7-10(14)11(16-17)13(19)20-2/h3-5,7-8H,6,14H2,1-2H3,(H,15,18). The first-order valence-electron chi connectivity index (χ1n) is 6.26. The van der Waals surface area contributed by atoms with Crippen LogP contribution in [0.15, 0.2) is 29.0 Å². The summed E-state index contributed by atoms with van der Waals surface area (Å²) in [6.45, 7) is 1.92. The molecule has 0 aliphatic heterocycles. The van der Waals surface area contributed by atoms with Gasteiger partial charge in [-0.1, -0.05) is 0 Å². The Hall–Kier alpha value is -2.77. The number of methoxy groups -OCH3 is 1. The Morgan fingerprint density at radius 2 is 2.33 bits per heavy atom. The molecule has 21 heavy (non-hydrogen) atoms. The van der Waals surface area contributed by atoms with Crippen LogP contribution in [-0.4, -0.2) is 28.8 Å². The molecule has 1 unspecified atom stereocenters. The van der Waals surface area contributed by atoms with Crippen molar-refractivity contribution >= 4 is 17.6 Å². The number of ether oxygens (including phenoxy) is 1. The summed E-state index contributed by atoms with van der Waals surface area (Å²) in [5.74, 6) is -0.273. The molecule has 8 nitrogen and oxygen atoms in total. The zero-order valence-electron chi connectivity index (χ0n) is 11.7. The number of furan rings is 1. The fourth-order valence-corrected chi connectivity index (χ4v) is 1.71. The Balaban J connectivity index is 2.03. The van der Waals surface area contributed by atoms with Gasteiger partial charge in [-0.3, -0.25) is 9.48 Å². The Bertz CT molecular complexity index is 633. The summed E-state index contributed by atoms with van der Waals surface area (Å²) in [4.78, 5) is 23.5. The molecule has 8 heteroatoms. The average molecular weight is 292 g/mol. The highest BCUT2D eigenvalue weighted by Gasteiger charge is 2.21. The number of hydrogen-bond donors (Lipinski definition) is 2. The maximum Gasteiger partial charge on any atom is 0.360 e. The lowest BCUT2D eigenvalue weighted by Crippen LogP contribution is -2.30.